The maximum atomic E-state index is 15.4. The molecule has 0 radical (unpaired) electrons. The number of ether oxygens (including phenoxy) is 2. The minimum Gasteiger partial charge on any atom is -0.496 e. The number of nitrogens with one attached hydrogen (secondary N) is 1. The Bertz CT molecular complexity index is 1570. The van der Waals surface area contributed by atoms with Gasteiger partial charge in [0.05, 0.1) is 19.2 Å². The minimum atomic E-state index is -4.72. The number of nitrogens with zero attached hydrogens (tertiary/aromatic N) is 1. The number of H-pyrrole nitrogens is 1. The van der Waals surface area contributed by atoms with Crippen LogP contribution < -0.4 is 15.0 Å². The topological polar surface area (TPSA) is 119 Å². The van der Waals surface area contributed by atoms with E-state index in [1.54, 1.807) is 0 Å². The molecule has 4 aromatic rings. The molecule has 0 aliphatic carbocycles. The van der Waals surface area contributed by atoms with Crippen LogP contribution in [-0.4, -0.2) is 37.2 Å². The Balaban J connectivity index is 2.09. The fraction of sp³-hybridized carbons (Fsp3) is 0.0909. The molecule has 2 N–H and O–H groups in total. The van der Waals surface area contributed by atoms with E-state index in [9.17, 15) is 17.8 Å². The first-order valence-corrected chi connectivity index (χ1v) is 11.2. The fourth-order valence-electron chi connectivity index (χ4n) is 3.61. The van der Waals surface area contributed by atoms with Crippen molar-refractivity contribution in [3.8, 4) is 33.9 Å². The van der Waals surface area contributed by atoms with Gasteiger partial charge in [-0.15, -0.1) is 0 Å². The van der Waals surface area contributed by atoms with Crippen LogP contribution in [-0.2, 0) is 10.1 Å². The Morgan fingerprint density at radius 1 is 1.03 bits per heavy atom. The number of methoxy groups -OCH3 is 2. The molecule has 0 saturated heterocycles. The van der Waals surface area contributed by atoms with E-state index in [0.717, 1.165) is 12.1 Å². The molecule has 4 rings (SSSR count). The zero-order valence-corrected chi connectivity index (χ0v) is 18.8. The summed E-state index contributed by atoms with van der Waals surface area (Å²) in [4.78, 5) is 17.9. The molecule has 8 nitrogen and oxygen atoms in total. The number of hydrogen-bond acceptors (Lipinski definition) is 6. The van der Waals surface area contributed by atoms with Crippen molar-refractivity contribution in [3.63, 3.8) is 0 Å². The van der Waals surface area contributed by atoms with Gasteiger partial charge in [-0.05, 0) is 36.4 Å². The summed E-state index contributed by atoms with van der Waals surface area (Å²) in [5.41, 5.74) is 0.177. The average molecular weight is 491 g/mol. The highest BCUT2D eigenvalue weighted by atomic mass is 35.5. The monoisotopic (exact) mass is 490 g/mol. The smallest absolute Gasteiger partial charge is 0.295 e. The van der Waals surface area contributed by atoms with Crippen LogP contribution in [0.1, 0.15) is 0 Å². The number of benzene rings is 2. The van der Waals surface area contributed by atoms with Gasteiger partial charge in [-0.2, -0.15) is 8.42 Å². The van der Waals surface area contributed by atoms with E-state index in [4.69, 9.17) is 21.1 Å². The van der Waals surface area contributed by atoms with Gasteiger partial charge in [-0.25, -0.2) is 9.37 Å². The lowest BCUT2D eigenvalue weighted by atomic mass is 9.96. The molecule has 0 aliphatic heterocycles. The number of hydrogen-bond donors (Lipinski definition) is 2. The highest BCUT2D eigenvalue weighted by Gasteiger charge is 2.25. The van der Waals surface area contributed by atoms with E-state index in [-0.39, 0.29) is 49.8 Å². The number of aromatic amines is 1. The van der Waals surface area contributed by atoms with Gasteiger partial charge in [-0.3, -0.25) is 9.35 Å². The highest BCUT2D eigenvalue weighted by Crippen LogP contribution is 2.43. The van der Waals surface area contributed by atoms with E-state index >= 15 is 4.39 Å². The number of fused-ring (bicyclic) bond motifs is 1. The zero-order valence-electron chi connectivity index (χ0n) is 17.2. The molecule has 11 heteroatoms. The summed E-state index contributed by atoms with van der Waals surface area (Å²) < 4.78 is 60.2. The molecule has 0 bridgehead atoms. The van der Waals surface area contributed by atoms with Crippen LogP contribution >= 0.6 is 11.6 Å². The van der Waals surface area contributed by atoms with Crippen LogP contribution in [0.4, 0.5) is 4.39 Å². The van der Waals surface area contributed by atoms with Gasteiger partial charge in [0.15, 0.2) is 0 Å². The molecule has 33 heavy (non-hydrogen) atoms. The van der Waals surface area contributed by atoms with Crippen LogP contribution in [0.25, 0.3) is 33.2 Å². The summed E-state index contributed by atoms with van der Waals surface area (Å²) in [5, 5.41) is 0.511. The first-order valence-electron chi connectivity index (χ1n) is 9.35. The molecule has 0 unspecified atom stereocenters. The van der Waals surface area contributed by atoms with Crippen LogP contribution in [0.3, 0.4) is 0 Å². The first-order chi connectivity index (χ1) is 15.6. The van der Waals surface area contributed by atoms with Gasteiger partial charge in [0, 0.05) is 45.4 Å². The van der Waals surface area contributed by atoms with Gasteiger partial charge in [-0.1, -0.05) is 11.6 Å². The molecule has 0 aliphatic rings. The molecule has 0 amide bonds. The Hall–Kier alpha value is -3.47. The molecular weight excluding hydrogens is 475 g/mol. The fourth-order valence-corrected chi connectivity index (χ4v) is 4.49. The minimum absolute atomic E-state index is 0.0373. The summed E-state index contributed by atoms with van der Waals surface area (Å²) in [7, 11) is -2.02. The van der Waals surface area contributed by atoms with Crippen molar-refractivity contribution in [2.45, 2.75) is 4.90 Å². The SMILES string of the molecule is COc1cc(-c2cc(Cl)cnc2OC)c(F)cc1-c1c(S(=O)(=O)O)ccc2[nH]c(=O)ccc12. The maximum absolute atomic E-state index is 15.4. The van der Waals surface area contributed by atoms with Crippen LogP contribution in [0.15, 0.2) is 58.4 Å². The van der Waals surface area contributed by atoms with Gasteiger partial charge in [0.1, 0.15) is 16.5 Å². The maximum Gasteiger partial charge on any atom is 0.295 e. The quantitative estimate of drug-likeness (QED) is 0.400. The lowest BCUT2D eigenvalue weighted by molar-refractivity contribution is 0.399. The zero-order chi connectivity index (χ0) is 23.9. The molecule has 170 valence electrons. The van der Waals surface area contributed by atoms with Crippen LogP contribution in [0.2, 0.25) is 5.02 Å². The Kier molecular flexibility index (Phi) is 5.83. The molecule has 0 fully saturated rings. The third-order valence-electron chi connectivity index (χ3n) is 5.00. The van der Waals surface area contributed by atoms with E-state index < -0.39 is 26.4 Å². The number of rotatable bonds is 5. The molecule has 0 atom stereocenters. The van der Waals surface area contributed by atoms with E-state index in [0.29, 0.717) is 0 Å². The van der Waals surface area contributed by atoms with Crippen molar-refractivity contribution in [2.24, 2.45) is 0 Å². The Morgan fingerprint density at radius 3 is 2.45 bits per heavy atom. The third-order valence-corrected chi connectivity index (χ3v) is 6.11. The third kappa shape index (κ3) is 4.15. The van der Waals surface area contributed by atoms with E-state index in [1.165, 1.54) is 50.7 Å². The predicted molar refractivity (Wildman–Crippen MR) is 121 cm³/mol. The van der Waals surface area contributed by atoms with Crippen molar-refractivity contribution in [2.75, 3.05) is 14.2 Å². The van der Waals surface area contributed by atoms with Crippen molar-refractivity contribution in [1.29, 1.82) is 0 Å². The van der Waals surface area contributed by atoms with Crippen molar-refractivity contribution in [1.82, 2.24) is 9.97 Å². The summed E-state index contributed by atoms with van der Waals surface area (Å²) in [5.74, 6) is -0.539. The summed E-state index contributed by atoms with van der Waals surface area (Å²) >= 11 is 6.03. The average Bonchev–Trinajstić information content (AvgIpc) is 2.77. The second kappa shape index (κ2) is 8.47. The largest absolute Gasteiger partial charge is 0.496 e. The molecule has 0 saturated carbocycles. The number of halogens is 2. The second-order valence-corrected chi connectivity index (χ2v) is 8.77. The van der Waals surface area contributed by atoms with Crippen LogP contribution in [0.5, 0.6) is 11.6 Å². The summed E-state index contributed by atoms with van der Waals surface area (Å²) in [6.45, 7) is 0. The molecule has 2 aromatic carbocycles. The molecule has 2 heterocycles. The molecule has 0 spiro atoms. The normalized spacial score (nSPS) is 11.5. The Labute approximate surface area is 192 Å². The lowest BCUT2D eigenvalue weighted by Gasteiger charge is -2.17. The lowest BCUT2D eigenvalue weighted by Crippen LogP contribution is -2.07. The van der Waals surface area contributed by atoms with E-state index in [1.807, 2.05) is 0 Å². The van der Waals surface area contributed by atoms with Crippen molar-refractivity contribution in [3.05, 3.63) is 69.9 Å². The Morgan fingerprint density at radius 2 is 1.79 bits per heavy atom. The summed E-state index contributed by atoms with van der Waals surface area (Å²) in [6, 6.07) is 8.92. The van der Waals surface area contributed by atoms with Crippen LogP contribution in [0, 0.1) is 5.82 Å². The van der Waals surface area contributed by atoms with Gasteiger partial charge >= 0.3 is 0 Å². The van der Waals surface area contributed by atoms with Gasteiger partial charge in [0.2, 0.25) is 11.4 Å². The molecule has 2 aromatic heterocycles. The standard InChI is InChI=1S/C22H16ClFN2O6S/c1-31-18-9-13(14-7-11(23)10-25-22(14)32-2)16(24)8-15(18)21-12-3-6-20(27)26-17(12)4-5-19(21)33(28,29)30/h3-10H,1-2H3,(H,26,27)(H,28,29,30). The van der Waals surface area contributed by atoms with Crippen molar-refractivity contribution >= 4 is 32.6 Å². The molecular formula is C22H16ClFN2O6S. The van der Waals surface area contributed by atoms with Crippen molar-refractivity contribution < 1.29 is 26.8 Å². The first kappa shape index (κ1) is 22.7. The number of aromatic nitrogens is 2. The predicted octanol–water partition coefficient (Wildman–Crippen LogP) is 4.31. The highest BCUT2D eigenvalue weighted by molar-refractivity contribution is 7.86. The van der Waals surface area contributed by atoms with Gasteiger partial charge in [0.25, 0.3) is 10.1 Å². The summed E-state index contributed by atoms with van der Waals surface area (Å²) in [6.07, 6.45) is 1.35. The second-order valence-electron chi connectivity index (χ2n) is 6.94. The van der Waals surface area contributed by atoms with Gasteiger partial charge < -0.3 is 14.5 Å². The van der Waals surface area contributed by atoms with E-state index in [2.05, 4.69) is 9.97 Å². The number of pyridine rings is 2.